The minimum absolute atomic E-state index is 0.136. The van der Waals surface area contributed by atoms with Gasteiger partial charge in [-0.15, -0.1) is 5.10 Å². The summed E-state index contributed by atoms with van der Waals surface area (Å²) in [6, 6.07) is 0.589. The van der Waals surface area contributed by atoms with Crippen molar-refractivity contribution in [1.82, 2.24) is 15.5 Å². The fourth-order valence-corrected chi connectivity index (χ4v) is 2.05. The number of hydrogen-bond acceptors (Lipinski definition) is 5. The molecule has 1 heterocycles. The summed E-state index contributed by atoms with van der Waals surface area (Å²) in [6.45, 7) is 4.92. The van der Waals surface area contributed by atoms with Crippen molar-refractivity contribution in [1.29, 1.82) is 0 Å². The van der Waals surface area contributed by atoms with E-state index < -0.39 is 0 Å². The van der Waals surface area contributed by atoms with Gasteiger partial charge in [0, 0.05) is 19.0 Å². The van der Waals surface area contributed by atoms with E-state index in [-0.39, 0.29) is 6.01 Å². The third kappa shape index (κ3) is 2.82. The minimum Gasteiger partial charge on any atom is -0.408 e. The van der Waals surface area contributed by atoms with Gasteiger partial charge in [-0.25, -0.2) is 0 Å². The number of nitrogens with one attached hydrogen (secondary N) is 1. The molecular formula is C11H18N4O. The van der Waals surface area contributed by atoms with Crippen LogP contribution in [-0.4, -0.2) is 22.8 Å². The molecule has 1 saturated carbocycles. The molecule has 1 unspecified atom stereocenters. The fourth-order valence-electron chi connectivity index (χ4n) is 2.05. The third-order valence-electron chi connectivity index (χ3n) is 2.95. The first-order valence-corrected chi connectivity index (χ1v) is 5.74. The van der Waals surface area contributed by atoms with Crippen molar-refractivity contribution in [3.05, 3.63) is 18.0 Å². The monoisotopic (exact) mass is 222 g/mol. The summed E-state index contributed by atoms with van der Waals surface area (Å²) in [5, 5.41) is 10.9. The Morgan fingerprint density at radius 3 is 3.00 bits per heavy atom. The van der Waals surface area contributed by atoms with Crippen molar-refractivity contribution < 1.29 is 4.42 Å². The molecule has 1 aromatic heterocycles. The first-order chi connectivity index (χ1) is 7.75. The van der Waals surface area contributed by atoms with Gasteiger partial charge in [0.1, 0.15) is 0 Å². The van der Waals surface area contributed by atoms with Gasteiger partial charge < -0.3 is 15.5 Å². The first kappa shape index (κ1) is 11.1. The van der Waals surface area contributed by atoms with Crippen molar-refractivity contribution in [2.75, 3.05) is 12.3 Å². The van der Waals surface area contributed by atoms with Crippen LogP contribution in [0, 0.1) is 0 Å². The number of rotatable bonds is 4. The van der Waals surface area contributed by atoms with E-state index in [9.17, 15) is 0 Å². The van der Waals surface area contributed by atoms with Gasteiger partial charge in [0.15, 0.2) is 0 Å². The average molecular weight is 222 g/mol. The molecule has 5 heteroatoms. The minimum atomic E-state index is 0.136. The summed E-state index contributed by atoms with van der Waals surface area (Å²) >= 11 is 0. The van der Waals surface area contributed by atoms with Gasteiger partial charge in [-0.1, -0.05) is 23.7 Å². The highest BCUT2D eigenvalue weighted by atomic mass is 16.4. The number of hydrogen-bond donors (Lipinski definition) is 2. The molecule has 1 aliphatic carbocycles. The average Bonchev–Trinajstić information content (AvgIpc) is 2.67. The highest BCUT2D eigenvalue weighted by molar-refractivity contribution is 5.08. The Bertz CT molecular complexity index is 361. The summed E-state index contributed by atoms with van der Waals surface area (Å²) in [4.78, 5) is 0. The number of nitrogens with two attached hydrogens (primary N) is 1. The van der Waals surface area contributed by atoms with E-state index in [1.165, 1.54) is 24.8 Å². The van der Waals surface area contributed by atoms with Gasteiger partial charge in [0.05, 0.1) is 0 Å². The predicted octanol–water partition coefficient (Wildman–Crippen LogP) is 1.28. The van der Waals surface area contributed by atoms with Gasteiger partial charge in [-0.3, -0.25) is 0 Å². The highest BCUT2D eigenvalue weighted by Crippen LogP contribution is 2.21. The highest BCUT2D eigenvalue weighted by Gasteiger charge is 2.16. The van der Waals surface area contributed by atoms with Crippen LogP contribution in [0.2, 0.25) is 0 Å². The Hall–Kier alpha value is -1.36. The predicted molar refractivity (Wildman–Crippen MR) is 61.8 cm³/mol. The number of nitrogens with zero attached hydrogens (tertiary/aromatic N) is 2. The molecule has 88 valence electrons. The molecule has 0 aliphatic heterocycles. The van der Waals surface area contributed by atoms with Crippen LogP contribution in [0.1, 0.15) is 31.6 Å². The van der Waals surface area contributed by atoms with Crippen LogP contribution in [-0.2, 0) is 6.42 Å². The molecule has 0 amide bonds. The van der Waals surface area contributed by atoms with Crippen molar-refractivity contribution in [2.45, 2.75) is 38.1 Å². The first-order valence-electron chi connectivity index (χ1n) is 5.74. The van der Waals surface area contributed by atoms with Crippen LogP contribution in [0.4, 0.5) is 6.01 Å². The molecule has 5 nitrogen and oxygen atoms in total. The number of anilines is 1. The lowest BCUT2D eigenvalue weighted by atomic mass is 9.91. The van der Waals surface area contributed by atoms with Gasteiger partial charge in [-0.05, 0) is 19.3 Å². The van der Waals surface area contributed by atoms with E-state index >= 15 is 0 Å². The SMILES string of the molecule is C=C1CCCCC1NCCc1nnc(N)o1. The van der Waals surface area contributed by atoms with E-state index in [1.807, 2.05) is 0 Å². The van der Waals surface area contributed by atoms with Crippen LogP contribution in [0.5, 0.6) is 0 Å². The molecule has 1 fully saturated rings. The van der Waals surface area contributed by atoms with Crippen LogP contribution in [0.3, 0.4) is 0 Å². The molecule has 0 spiro atoms. The molecule has 1 aromatic rings. The molecule has 0 radical (unpaired) electrons. The second-order valence-electron chi connectivity index (χ2n) is 4.19. The van der Waals surface area contributed by atoms with Crippen molar-refractivity contribution >= 4 is 6.01 Å². The van der Waals surface area contributed by atoms with Gasteiger partial charge >= 0.3 is 6.01 Å². The summed E-state index contributed by atoms with van der Waals surface area (Å²) in [5.41, 5.74) is 6.66. The maximum absolute atomic E-state index is 5.34. The van der Waals surface area contributed by atoms with E-state index in [4.69, 9.17) is 10.2 Å². The number of aromatic nitrogens is 2. The van der Waals surface area contributed by atoms with Gasteiger partial charge in [-0.2, -0.15) is 0 Å². The molecule has 3 N–H and O–H groups in total. The Morgan fingerprint density at radius 1 is 1.44 bits per heavy atom. The fraction of sp³-hybridized carbons (Fsp3) is 0.636. The quantitative estimate of drug-likeness (QED) is 0.750. The lowest BCUT2D eigenvalue weighted by molar-refractivity contribution is 0.439. The molecule has 1 atom stereocenters. The summed E-state index contributed by atoms with van der Waals surface area (Å²) < 4.78 is 5.09. The van der Waals surface area contributed by atoms with Crippen LogP contribution in [0.15, 0.2) is 16.6 Å². The Kier molecular flexibility index (Phi) is 3.56. The maximum Gasteiger partial charge on any atom is 0.312 e. The Labute approximate surface area is 95.1 Å². The zero-order valence-electron chi connectivity index (χ0n) is 9.41. The molecule has 0 bridgehead atoms. The van der Waals surface area contributed by atoms with Crippen molar-refractivity contribution in [2.24, 2.45) is 0 Å². The van der Waals surface area contributed by atoms with E-state index in [0.29, 0.717) is 18.4 Å². The maximum atomic E-state index is 5.34. The molecule has 2 rings (SSSR count). The van der Waals surface area contributed by atoms with E-state index in [0.717, 1.165) is 13.0 Å². The molecular weight excluding hydrogens is 204 g/mol. The standard InChI is InChI=1S/C11H18N4O/c1-8-4-2-3-5-9(8)13-7-6-10-14-15-11(12)16-10/h9,13H,1-7H2,(H2,12,15). The van der Waals surface area contributed by atoms with Crippen molar-refractivity contribution in [3.8, 4) is 0 Å². The summed E-state index contributed by atoms with van der Waals surface area (Å²) in [5.74, 6) is 0.589. The van der Waals surface area contributed by atoms with Crippen LogP contribution in [0.25, 0.3) is 0 Å². The largest absolute Gasteiger partial charge is 0.408 e. The summed E-state index contributed by atoms with van der Waals surface area (Å²) in [6.07, 6.45) is 5.60. The second-order valence-corrected chi connectivity index (χ2v) is 4.19. The molecule has 16 heavy (non-hydrogen) atoms. The lowest BCUT2D eigenvalue weighted by Crippen LogP contribution is -2.34. The molecule has 0 saturated heterocycles. The Morgan fingerprint density at radius 2 is 2.31 bits per heavy atom. The van der Waals surface area contributed by atoms with Crippen LogP contribution >= 0.6 is 0 Å². The number of nitrogen functional groups attached to an aromatic ring is 1. The van der Waals surface area contributed by atoms with E-state index in [2.05, 4.69) is 22.1 Å². The normalized spacial score (nSPS) is 21.2. The Balaban J connectivity index is 1.73. The lowest BCUT2D eigenvalue weighted by Gasteiger charge is -2.25. The third-order valence-corrected chi connectivity index (χ3v) is 2.95. The van der Waals surface area contributed by atoms with E-state index in [1.54, 1.807) is 0 Å². The van der Waals surface area contributed by atoms with Crippen molar-refractivity contribution in [3.63, 3.8) is 0 Å². The summed E-state index contributed by atoms with van der Waals surface area (Å²) in [7, 11) is 0. The zero-order valence-corrected chi connectivity index (χ0v) is 9.41. The second kappa shape index (κ2) is 5.12. The van der Waals surface area contributed by atoms with Gasteiger partial charge in [0.2, 0.25) is 5.89 Å². The topological polar surface area (TPSA) is 77.0 Å². The van der Waals surface area contributed by atoms with Crippen LogP contribution < -0.4 is 11.1 Å². The smallest absolute Gasteiger partial charge is 0.312 e. The molecule has 0 aromatic carbocycles. The zero-order chi connectivity index (χ0) is 11.4. The molecule has 1 aliphatic rings. The van der Waals surface area contributed by atoms with Gasteiger partial charge in [0.25, 0.3) is 0 Å².